The summed E-state index contributed by atoms with van der Waals surface area (Å²) in [6.45, 7) is 9.77. The van der Waals surface area contributed by atoms with Crippen molar-refractivity contribution in [2.24, 2.45) is 5.41 Å². The Hall–Kier alpha value is -1.96. The van der Waals surface area contributed by atoms with Gasteiger partial charge in [0.2, 0.25) is 11.8 Å². The molecular formula is C26H35ClFN3O2S. The number of alkyl halides is 1. The molecule has 186 valence electrons. The molecule has 34 heavy (non-hydrogen) atoms. The zero-order chi connectivity index (χ0) is 24.7. The third-order valence-corrected chi connectivity index (χ3v) is 8.03. The standard InChI is InChI=1S/C26H35ClFN3O2S/c1-20-10-15-34-23(20)17-31(16-21-6-8-22(28)9-7-21)24(32)18-30(25(33)26(2,3)19-27)14-13-29-11-4-5-12-29/h6-10,15H,4-5,11-14,16-19H2,1-3H3. The smallest absolute Gasteiger partial charge is 0.242 e. The fourth-order valence-corrected chi connectivity index (χ4v) is 5.09. The maximum atomic E-state index is 13.6. The van der Waals surface area contributed by atoms with E-state index in [1.54, 1.807) is 33.3 Å². The van der Waals surface area contributed by atoms with Crippen molar-refractivity contribution in [3.8, 4) is 0 Å². The number of thiophene rings is 1. The molecule has 0 spiro atoms. The van der Waals surface area contributed by atoms with Gasteiger partial charge in [-0.1, -0.05) is 12.1 Å². The molecule has 0 unspecified atom stereocenters. The molecular weight excluding hydrogens is 473 g/mol. The molecule has 0 radical (unpaired) electrons. The van der Waals surface area contributed by atoms with Crippen LogP contribution in [0.4, 0.5) is 4.39 Å². The SMILES string of the molecule is Cc1ccsc1CN(Cc1ccc(F)cc1)C(=O)CN(CCN1CCCC1)C(=O)C(C)(C)CCl. The predicted molar refractivity (Wildman–Crippen MR) is 136 cm³/mol. The van der Waals surface area contributed by atoms with Crippen LogP contribution in [0.25, 0.3) is 0 Å². The van der Waals surface area contributed by atoms with E-state index >= 15 is 0 Å². The lowest BCUT2D eigenvalue weighted by molar-refractivity contribution is -0.146. The molecule has 1 saturated heterocycles. The van der Waals surface area contributed by atoms with Crippen LogP contribution in [0.2, 0.25) is 0 Å². The number of aryl methyl sites for hydroxylation is 1. The first-order valence-electron chi connectivity index (χ1n) is 11.8. The Bertz CT molecular complexity index is 957. The summed E-state index contributed by atoms with van der Waals surface area (Å²) in [7, 11) is 0. The van der Waals surface area contributed by atoms with E-state index in [1.165, 1.54) is 25.0 Å². The zero-order valence-corrected chi connectivity index (χ0v) is 21.9. The molecule has 0 saturated carbocycles. The molecule has 2 amide bonds. The topological polar surface area (TPSA) is 43.9 Å². The third-order valence-electron chi connectivity index (χ3n) is 6.35. The maximum Gasteiger partial charge on any atom is 0.242 e. The quantitative estimate of drug-likeness (QED) is 0.406. The normalized spacial score (nSPS) is 14.4. The molecule has 1 fully saturated rings. The van der Waals surface area contributed by atoms with Crippen molar-refractivity contribution in [1.29, 1.82) is 0 Å². The molecule has 2 heterocycles. The van der Waals surface area contributed by atoms with Gasteiger partial charge in [-0.25, -0.2) is 4.39 Å². The van der Waals surface area contributed by atoms with E-state index in [1.807, 2.05) is 32.2 Å². The van der Waals surface area contributed by atoms with Gasteiger partial charge in [0.15, 0.2) is 0 Å². The van der Waals surface area contributed by atoms with Gasteiger partial charge in [0, 0.05) is 30.4 Å². The van der Waals surface area contributed by atoms with Gasteiger partial charge in [-0.2, -0.15) is 0 Å². The molecule has 5 nitrogen and oxygen atoms in total. The summed E-state index contributed by atoms with van der Waals surface area (Å²) in [4.78, 5) is 33.8. The summed E-state index contributed by atoms with van der Waals surface area (Å²) in [5.74, 6) is -0.354. The Morgan fingerprint density at radius 1 is 1.09 bits per heavy atom. The number of carbonyl (C=O) groups is 2. The van der Waals surface area contributed by atoms with Crippen LogP contribution in [0, 0.1) is 18.2 Å². The Kier molecular flexibility index (Phi) is 9.51. The molecule has 2 aromatic rings. The second kappa shape index (κ2) is 12.1. The Balaban J connectivity index is 1.78. The van der Waals surface area contributed by atoms with Gasteiger partial charge in [0.05, 0.1) is 18.5 Å². The molecule has 1 aliphatic rings. The highest BCUT2D eigenvalue weighted by Gasteiger charge is 2.33. The van der Waals surface area contributed by atoms with Gasteiger partial charge in [-0.15, -0.1) is 22.9 Å². The van der Waals surface area contributed by atoms with Crippen LogP contribution in [0.5, 0.6) is 0 Å². The van der Waals surface area contributed by atoms with Gasteiger partial charge in [-0.05, 0) is 81.4 Å². The predicted octanol–water partition coefficient (Wildman–Crippen LogP) is 4.91. The maximum absolute atomic E-state index is 13.6. The van der Waals surface area contributed by atoms with Crippen LogP contribution in [-0.2, 0) is 22.7 Å². The fourth-order valence-electron chi connectivity index (χ4n) is 4.05. The van der Waals surface area contributed by atoms with Crippen molar-refractivity contribution < 1.29 is 14.0 Å². The Morgan fingerprint density at radius 2 is 1.76 bits per heavy atom. The van der Waals surface area contributed by atoms with E-state index in [-0.39, 0.29) is 30.1 Å². The van der Waals surface area contributed by atoms with Crippen molar-refractivity contribution >= 4 is 34.8 Å². The number of rotatable bonds is 11. The lowest BCUT2D eigenvalue weighted by atomic mass is 9.94. The average Bonchev–Trinajstić information content (AvgIpc) is 3.48. The minimum atomic E-state index is -0.751. The number of benzene rings is 1. The average molecular weight is 508 g/mol. The summed E-state index contributed by atoms with van der Waals surface area (Å²) in [5, 5.41) is 2.01. The number of likely N-dealkylation sites (tertiary alicyclic amines) is 1. The fraction of sp³-hybridized carbons (Fsp3) is 0.538. The highest BCUT2D eigenvalue weighted by Crippen LogP contribution is 2.23. The van der Waals surface area contributed by atoms with Crippen LogP contribution < -0.4 is 0 Å². The molecule has 0 atom stereocenters. The molecule has 0 bridgehead atoms. The van der Waals surface area contributed by atoms with Crippen molar-refractivity contribution in [2.75, 3.05) is 38.6 Å². The van der Waals surface area contributed by atoms with Crippen LogP contribution >= 0.6 is 22.9 Å². The summed E-state index contributed by atoms with van der Waals surface area (Å²) in [5.41, 5.74) is 1.23. The third kappa shape index (κ3) is 7.27. The van der Waals surface area contributed by atoms with Gasteiger partial charge in [0.25, 0.3) is 0 Å². The number of carbonyl (C=O) groups excluding carboxylic acids is 2. The van der Waals surface area contributed by atoms with Crippen LogP contribution in [0.15, 0.2) is 35.7 Å². The summed E-state index contributed by atoms with van der Waals surface area (Å²) < 4.78 is 13.4. The first kappa shape index (κ1) is 26.6. The van der Waals surface area contributed by atoms with E-state index in [4.69, 9.17) is 11.6 Å². The monoisotopic (exact) mass is 507 g/mol. The van der Waals surface area contributed by atoms with Gasteiger partial charge in [-0.3, -0.25) is 9.59 Å². The Labute approximate surface area is 211 Å². The summed E-state index contributed by atoms with van der Waals surface area (Å²) in [6.07, 6.45) is 2.34. The van der Waals surface area contributed by atoms with Gasteiger partial charge < -0.3 is 14.7 Å². The first-order valence-corrected chi connectivity index (χ1v) is 13.2. The lowest BCUT2D eigenvalue weighted by Gasteiger charge is -2.33. The molecule has 1 aliphatic heterocycles. The lowest BCUT2D eigenvalue weighted by Crippen LogP contribution is -2.49. The molecule has 0 N–H and O–H groups in total. The molecule has 3 rings (SSSR count). The van der Waals surface area contributed by atoms with Gasteiger partial charge >= 0.3 is 0 Å². The minimum absolute atomic E-state index is 0.00138. The summed E-state index contributed by atoms with van der Waals surface area (Å²) in [6, 6.07) is 8.25. The van der Waals surface area contributed by atoms with Gasteiger partial charge in [0.1, 0.15) is 5.82 Å². The van der Waals surface area contributed by atoms with E-state index in [2.05, 4.69) is 4.90 Å². The number of hydrogen-bond donors (Lipinski definition) is 0. The largest absolute Gasteiger partial charge is 0.332 e. The van der Waals surface area contributed by atoms with Crippen molar-refractivity contribution in [2.45, 2.75) is 46.7 Å². The van der Waals surface area contributed by atoms with E-state index in [0.717, 1.165) is 35.6 Å². The molecule has 1 aromatic heterocycles. The number of amides is 2. The van der Waals surface area contributed by atoms with Crippen LogP contribution in [0.3, 0.4) is 0 Å². The number of nitrogens with zero attached hydrogens (tertiary/aromatic N) is 3. The Morgan fingerprint density at radius 3 is 2.35 bits per heavy atom. The first-order chi connectivity index (χ1) is 16.2. The highest BCUT2D eigenvalue weighted by molar-refractivity contribution is 7.10. The van der Waals surface area contributed by atoms with Crippen molar-refractivity contribution in [1.82, 2.24) is 14.7 Å². The zero-order valence-electron chi connectivity index (χ0n) is 20.4. The number of hydrogen-bond acceptors (Lipinski definition) is 4. The van der Waals surface area contributed by atoms with Crippen LogP contribution in [0.1, 0.15) is 42.7 Å². The molecule has 0 aliphatic carbocycles. The highest BCUT2D eigenvalue weighted by atomic mass is 35.5. The van der Waals surface area contributed by atoms with Crippen molar-refractivity contribution in [3.63, 3.8) is 0 Å². The van der Waals surface area contributed by atoms with E-state index < -0.39 is 5.41 Å². The van der Waals surface area contributed by atoms with Crippen molar-refractivity contribution in [3.05, 3.63) is 57.5 Å². The minimum Gasteiger partial charge on any atom is -0.332 e. The summed E-state index contributed by atoms with van der Waals surface area (Å²) >= 11 is 7.72. The van der Waals surface area contributed by atoms with E-state index in [9.17, 15) is 14.0 Å². The molecule has 1 aromatic carbocycles. The molecule has 8 heteroatoms. The second-order valence-corrected chi connectivity index (χ2v) is 11.0. The van der Waals surface area contributed by atoms with Crippen LogP contribution in [-0.4, -0.2) is 65.1 Å². The second-order valence-electron chi connectivity index (χ2n) is 9.70. The number of halogens is 2. The van der Waals surface area contributed by atoms with E-state index in [0.29, 0.717) is 19.6 Å².